The van der Waals surface area contributed by atoms with Gasteiger partial charge in [-0.1, -0.05) is 6.92 Å². The zero-order valence-corrected chi connectivity index (χ0v) is 11.1. The number of hydrogen-bond donors (Lipinski definition) is 4. The van der Waals surface area contributed by atoms with Crippen LogP contribution in [-0.2, 0) is 4.74 Å². The Hall–Kier alpha value is -1.28. The third-order valence-electron chi connectivity index (χ3n) is 2.84. The Labute approximate surface area is 112 Å². The predicted octanol–water partition coefficient (Wildman–Crippen LogP) is -0.897. The summed E-state index contributed by atoms with van der Waals surface area (Å²) in [6, 6.07) is 0. The van der Waals surface area contributed by atoms with Crippen molar-refractivity contribution in [2.75, 3.05) is 18.9 Å². The summed E-state index contributed by atoms with van der Waals surface area (Å²) in [5.74, 6) is 0.415. The first-order chi connectivity index (χ1) is 8.95. The van der Waals surface area contributed by atoms with Crippen LogP contribution in [0.25, 0.3) is 0 Å². The average Bonchev–Trinajstić information content (AvgIpc) is 2.37. The molecule has 5 N–H and O–H groups in total. The molecule has 0 aromatic carbocycles. The molecule has 0 aliphatic carbocycles. The number of anilines is 1. The SMILES string of the molecule is CC1COC(CO)C(O)C1O.Cc1cncc(N)n1. The first-order valence-corrected chi connectivity index (χ1v) is 6.08. The Morgan fingerprint density at radius 2 is 2.05 bits per heavy atom. The number of aryl methyl sites for hydroxylation is 1. The average molecular weight is 271 g/mol. The summed E-state index contributed by atoms with van der Waals surface area (Å²) >= 11 is 0. The smallest absolute Gasteiger partial charge is 0.142 e. The standard InChI is InChI=1S/C7H14O4.C5H7N3/c1-4-3-11-5(2-8)7(10)6(4)9;1-4-2-7-3-5(6)8-4/h4-10H,2-3H2,1H3;2-3H,1H3,(H2,6,8). The molecule has 4 atom stereocenters. The number of aromatic nitrogens is 2. The van der Waals surface area contributed by atoms with E-state index in [9.17, 15) is 10.2 Å². The maximum atomic E-state index is 9.31. The van der Waals surface area contributed by atoms with E-state index in [1.54, 1.807) is 13.1 Å². The molecular weight excluding hydrogens is 250 g/mol. The van der Waals surface area contributed by atoms with Gasteiger partial charge in [-0.3, -0.25) is 4.98 Å². The molecule has 0 spiro atoms. The number of nitrogens with zero attached hydrogens (tertiary/aromatic N) is 2. The molecule has 1 aliphatic rings. The van der Waals surface area contributed by atoms with Crippen LogP contribution >= 0.6 is 0 Å². The predicted molar refractivity (Wildman–Crippen MR) is 69.2 cm³/mol. The number of nitrogens with two attached hydrogens (primary N) is 1. The zero-order valence-electron chi connectivity index (χ0n) is 11.1. The summed E-state index contributed by atoms with van der Waals surface area (Å²) in [6.07, 6.45) is 0.828. The first-order valence-electron chi connectivity index (χ1n) is 6.08. The van der Waals surface area contributed by atoms with Crippen LogP contribution < -0.4 is 5.73 Å². The van der Waals surface area contributed by atoms with E-state index in [0.717, 1.165) is 5.69 Å². The van der Waals surface area contributed by atoms with E-state index in [1.165, 1.54) is 6.20 Å². The van der Waals surface area contributed by atoms with Gasteiger partial charge in [-0.05, 0) is 6.92 Å². The van der Waals surface area contributed by atoms with Gasteiger partial charge >= 0.3 is 0 Å². The summed E-state index contributed by atoms with van der Waals surface area (Å²) in [4.78, 5) is 7.69. The van der Waals surface area contributed by atoms with E-state index in [1.807, 2.05) is 6.92 Å². The van der Waals surface area contributed by atoms with Crippen molar-refractivity contribution in [2.45, 2.75) is 32.2 Å². The molecule has 4 unspecified atom stereocenters. The maximum absolute atomic E-state index is 9.31. The van der Waals surface area contributed by atoms with Crippen LogP contribution in [0.3, 0.4) is 0 Å². The number of aliphatic hydroxyl groups is 3. The molecule has 1 aromatic rings. The minimum absolute atomic E-state index is 0.0622. The molecule has 2 heterocycles. The molecule has 0 amide bonds. The van der Waals surface area contributed by atoms with E-state index in [2.05, 4.69) is 9.97 Å². The van der Waals surface area contributed by atoms with Gasteiger partial charge in [0.2, 0.25) is 0 Å². The van der Waals surface area contributed by atoms with Gasteiger partial charge in [0.1, 0.15) is 18.0 Å². The van der Waals surface area contributed by atoms with E-state index in [0.29, 0.717) is 12.4 Å². The quantitative estimate of drug-likeness (QED) is 0.522. The number of nitrogen functional groups attached to an aromatic ring is 1. The molecule has 0 bridgehead atoms. The molecule has 2 rings (SSSR count). The Bertz CT molecular complexity index is 372. The second-order valence-corrected chi connectivity index (χ2v) is 4.60. The van der Waals surface area contributed by atoms with Gasteiger partial charge in [0, 0.05) is 12.1 Å². The molecule has 0 radical (unpaired) electrons. The molecule has 108 valence electrons. The molecule has 0 saturated carbocycles. The van der Waals surface area contributed by atoms with Crippen LogP contribution in [0.2, 0.25) is 0 Å². The topological polar surface area (TPSA) is 122 Å². The highest BCUT2D eigenvalue weighted by atomic mass is 16.5. The van der Waals surface area contributed by atoms with E-state index in [4.69, 9.17) is 15.6 Å². The van der Waals surface area contributed by atoms with Crippen molar-refractivity contribution in [3.05, 3.63) is 18.1 Å². The second-order valence-electron chi connectivity index (χ2n) is 4.60. The zero-order chi connectivity index (χ0) is 14.4. The van der Waals surface area contributed by atoms with Crippen molar-refractivity contribution in [1.82, 2.24) is 9.97 Å². The van der Waals surface area contributed by atoms with Crippen LogP contribution in [0.5, 0.6) is 0 Å². The molecule has 7 heteroatoms. The van der Waals surface area contributed by atoms with Crippen molar-refractivity contribution in [3.8, 4) is 0 Å². The number of rotatable bonds is 1. The Kier molecular flexibility index (Phi) is 6.10. The normalized spacial score (nSPS) is 30.4. The lowest BCUT2D eigenvalue weighted by molar-refractivity contribution is -0.170. The lowest BCUT2D eigenvalue weighted by Crippen LogP contribution is -2.50. The fraction of sp³-hybridized carbons (Fsp3) is 0.667. The number of hydrogen-bond acceptors (Lipinski definition) is 7. The van der Waals surface area contributed by atoms with Crippen molar-refractivity contribution in [3.63, 3.8) is 0 Å². The second kappa shape index (κ2) is 7.34. The van der Waals surface area contributed by atoms with Crippen molar-refractivity contribution >= 4 is 5.82 Å². The summed E-state index contributed by atoms with van der Waals surface area (Å²) in [6.45, 7) is 3.79. The minimum atomic E-state index is -0.955. The molecule has 1 saturated heterocycles. The number of ether oxygens (including phenoxy) is 1. The van der Waals surface area contributed by atoms with Crippen molar-refractivity contribution < 1.29 is 20.1 Å². The van der Waals surface area contributed by atoms with E-state index in [-0.39, 0.29) is 12.5 Å². The highest BCUT2D eigenvalue weighted by molar-refractivity contribution is 5.23. The monoisotopic (exact) mass is 271 g/mol. The van der Waals surface area contributed by atoms with Crippen LogP contribution in [0.15, 0.2) is 12.4 Å². The van der Waals surface area contributed by atoms with Crippen molar-refractivity contribution in [2.24, 2.45) is 5.92 Å². The first kappa shape index (κ1) is 15.8. The van der Waals surface area contributed by atoms with E-state index < -0.39 is 18.3 Å². The van der Waals surface area contributed by atoms with Crippen LogP contribution in [-0.4, -0.2) is 56.8 Å². The van der Waals surface area contributed by atoms with Gasteiger partial charge in [-0.25, -0.2) is 4.98 Å². The summed E-state index contributed by atoms with van der Waals surface area (Å²) < 4.78 is 5.06. The number of aliphatic hydroxyl groups excluding tert-OH is 3. The third kappa shape index (κ3) is 4.71. The van der Waals surface area contributed by atoms with Gasteiger partial charge in [-0.2, -0.15) is 0 Å². The van der Waals surface area contributed by atoms with Gasteiger partial charge in [-0.15, -0.1) is 0 Å². The Morgan fingerprint density at radius 1 is 1.37 bits per heavy atom. The molecule has 1 fully saturated rings. The highest BCUT2D eigenvalue weighted by Crippen LogP contribution is 2.19. The molecule has 1 aromatic heterocycles. The summed E-state index contributed by atoms with van der Waals surface area (Å²) in [7, 11) is 0. The largest absolute Gasteiger partial charge is 0.394 e. The molecule has 7 nitrogen and oxygen atoms in total. The van der Waals surface area contributed by atoms with Crippen LogP contribution in [0.4, 0.5) is 5.82 Å². The molecular formula is C12H21N3O4. The third-order valence-corrected chi connectivity index (χ3v) is 2.84. The van der Waals surface area contributed by atoms with Gasteiger partial charge in [0.05, 0.1) is 31.2 Å². The lowest BCUT2D eigenvalue weighted by Gasteiger charge is -2.35. The van der Waals surface area contributed by atoms with Gasteiger partial charge < -0.3 is 25.8 Å². The molecule has 1 aliphatic heterocycles. The Morgan fingerprint density at radius 3 is 2.53 bits per heavy atom. The lowest BCUT2D eigenvalue weighted by atomic mass is 9.94. The highest BCUT2D eigenvalue weighted by Gasteiger charge is 2.35. The Balaban J connectivity index is 0.000000200. The fourth-order valence-electron chi connectivity index (χ4n) is 1.67. The maximum Gasteiger partial charge on any atom is 0.142 e. The van der Waals surface area contributed by atoms with Gasteiger partial charge in [0.15, 0.2) is 0 Å². The van der Waals surface area contributed by atoms with Crippen molar-refractivity contribution in [1.29, 1.82) is 0 Å². The van der Waals surface area contributed by atoms with Crippen LogP contribution in [0, 0.1) is 12.8 Å². The van der Waals surface area contributed by atoms with Gasteiger partial charge in [0.25, 0.3) is 0 Å². The summed E-state index contributed by atoms with van der Waals surface area (Å²) in [5, 5.41) is 27.2. The fourth-order valence-corrected chi connectivity index (χ4v) is 1.67. The van der Waals surface area contributed by atoms with Crippen LogP contribution in [0.1, 0.15) is 12.6 Å². The van der Waals surface area contributed by atoms with E-state index >= 15 is 0 Å². The summed E-state index contributed by atoms with van der Waals surface area (Å²) in [5.41, 5.74) is 6.14. The molecule has 19 heavy (non-hydrogen) atoms. The minimum Gasteiger partial charge on any atom is -0.394 e.